The number of rotatable bonds is 2. The third kappa shape index (κ3) is 3.30. The van der Waals surface area contributed by atoms with Crippen molar-refractivity contribution in [1.29, 1.82) is 10.5 Å². The summed E-state index contributed by atoms with van der Waals surface area (Å²) in [7, 11) is 1.79. The predicted octanol–water partition coefficient (Wildman–Crippen LogP) is 1.43. The van der Waals surface area contributed by atoms with Gasteiger partial charge in [-0.1, -0.05) is 12.1 Å². The average Bonchev–Trinajstić information content (AvgIpc) is 2.37. The predicted molar refractivity (Wildman–Crippen MR) is 66.0 cm³/mol. The van der Waals surface area contributed by atoms with Crippen LogP contribution in [0.1, 0.15) is 5.56 Å². The zero-order valence-corrected chi connectivity index (χ0v) is 9.31. The number of anilines is 1. The summed E-state index contributed by atoms with van der Waals surface area (Å²) in [6.07, 6.45) is 1.53. The maximum atomic E-state index is 8.62. The maximum absolute atomic E-state index is 8.62. The second-order valence-corrected chi connectivity index (χ2v) is 3.19. The summed E-state index contributed by atoms with van der Waals surface area (Å²) in [6.45, 7) is 0. The largest absolute Gasteiger partial charge is 0.358 e. The van der Waals surface area contributed by atoms with Gasteiger partial charge in [0.15, 0.2) is 0 Å². The van der Waals surface area contributed by atoms with Crippen LogP contribution >= 0.6 is 0 Å². The fourth-order valence-corrected chi connectivity index (χ4v) is 1.21. The Morgan fingerprint density at radius 3 is 2.29 bits per heavy atom. The summed E-state index contributed by atoms with van der Waals surface area (Å²) in [4.78, 5) is 1.68. The first-order chi connectivity index (χ1) is 8.21. The molecule has 0 aliphatic heterocycles. The van der Waals surface area contributed by atoms with Gasteiger partial charge in [0, 0.05) is 24.8 Å². The Morgan fingerprint density at radius 1 is 1.24 bits per heavy atom. The molecule has 2 N–H and O–H groups in total. The average molecular weight is 222 g/mol. The van der Waals surface area contributed by atoms with Gasteiger partial charge in [-0.3, -0.25) is 0 Å². The number of nitriles is 2. The molecule has 0 amide bonds. The van der Waals surface area contributed by atoms with Crippen LogP contribution in [-0.2, 0) is 0 Å². The summed E-state index contributed by atoms with van der Waals surface area (Å²) >= 11 is 0. The van der Waals surface area contributed by atoms with Crippen molar-refractivity contribution in [2.75, 3.05) is 11.9 Å². The van der Waals surface area contributed by atoms with Gasteiger partial charge in [0.1, 0.15) is 17.7 Å². The van der Waals surface area contributed by atoms with E-state index < -0.39 is 0 Å². The molecule has 0 aliphatic carbocycles. The van der Waals surface area contributed by atoms with E-state index in [0.29, 0.717) is 0 Å². The summed E-state index contributed by atoms with van der Waals surface area (Å²) < 4.78 is 0. The fourth-order valence-electron chi connectivity index (χ4n) is 1.21. The van der Waals surface area contributed by atoms with E-state index in [1.165, 1.54) is 6.08 Å². The van der Waals surface area contributed by atoms with Crippen LogP contribution in [0.4, 0.5) is 5.69 Å². The van der Waals surface area contributed by atoms with E-state index in [-0.39, 0.29) is 5.57 Å². The van der Waals surface area contributed by atoms with Crippen LogP contribution in [0.2, 0.25) is 0 Å². The molecule has 0 heterocycles. The minimum Gasteiger partial charge on any atom is -0.358 e. The summed E-state index contributed by atoms with van der Waals surface area (Å²) in [5, 5.41) is 17.2. The van der Waals surface area contributed by atoms with Crippen molar-refractivity contribution in [3.8, 4) is 24.2 Å². The van der Waals surface area contributed by atoms with E-state index in [4.69, 9.17) is 16.3 Å². The summed E-state index contributed by atoms with van der Waals surface area (Å²) in [5.74, 6) is 0. The molecule has 0 aliphatic rings. The van der Waals surface area contributed by atoms with Crippen LogP contribution in [0.25, 0.3) is 6.08 Å². The van der Waals surface area contributed by atoms with E-state index >= 15 is 0 Å². The highest BCUT2D eigenvalue weighted by Gasteiger charge is 1.98. The Balaban J connectivity index is 2.97. The van der Waals surface area contributed by atoms with Gasteiger partial charge < -0.3 is 10.6 Å². The number of benzene rings is 1. The van der Waals surface area contributed by atoms with Crippen molar-refractivity contribution in [2.45, 2.75) is 0 Å². The first-order valence-corrected chi connectivity index (χ1v) is 4.78. The first kappa shape index (κ1) is 12.2. The number of nitrogens with two attached hydrogens (primary N) is 1. The quantitative estimate of drug-likeness (QED) is 0.466. The van der Waals surface area contributed by atoms with Gasteiger partial charge in [0.25, 0.3) is 0 Å². The Morgan fingerprint density at radius 2 is 1.82 bits per heavy atom. The molecule has 4 nitrogen and oxygen atoms in total. The lowest BCUT2D eigenvalue weighted by Crippen LogP contribution is -2.09. The summed E-state index contributed by atoms with van der Waals surface area (Å²) in [6, 6.07) is 15.9. The molecular weight excluding hydrogens is 212 g/mol. The van der Waals surface area contributed by atoms with E-state index in [0.717, 1.165) is 11.3 Å². The molecule has 1 aromatic rings. The topological polar surface area (TPSA) is 76.8 Å². The maximum Gasteiger partial charge on any atom is 0.130 e. The van der Waals surface area contributed by atoms with Crippen molar-refractivity contribution < 1.29 is 0 Å². The molecule has 0 radical (unpaired) electrons. The van der Waals surface area contributed by atoms with Crippen LogP contribution < -0.4 is 10.6 Å². The molecule has 1 aromatic carbocycles. The van der Waals surface area contributed by atoms with Crippen LogP contribution in [0, 0.1) is 34.8 Å². The van der Waals surface area contributed by atoms with Gasteiger partial charge >= 0.3 is 0 Å². The molecule has 0 unspecified atom stereocenters. The smallest absolute Gasteiger partial charge is 0.130 e. The van der Waals surface area contributed by atoms with Gasteiger partial charge in [0.05, 0.1) is 0 Å². The van der Waals surface area contributed by atoms with Crippen LogP contribution in [0.15, 0.2) is 29.8 Å². The van der Waals surface area contributed by atoms with E-state index in [2.05, 4.69) is 12.1 Å². The molecule has 0 aromatic heterocycles. The van der Waals surface area contributed by atoms with Crippen LogP contribution in [0.5, 0.6) is 0 Å². The van der Waals surface area contributed by atoms with Gasteiger partial charge in [-0.25, -0.2) is 0 Å². The summed E-state index contributed by atoms with van der Waals surface area (Å²) in [5.41, 5.74) is 6.87. The third-order valence-electron chi connectivity index (χ3n) is 2.06. The second-order valence-electron chi connectivity index (χ2n) is 3.19. The van der Waals surface area contributed by atoms with Gasteiger partial charge in [0.2, 0.25) is 0 Å². The van der Waals surface area contributed by atoms with Crippen molar-refractivity contribution >= 4 is 11.8 Å². The van der Waals surface area contributed by atoms with E-state index in [9.17, 15) is 0 Å². The molecule has 0 fully saturated rings. The Hall–Kier alpha value is -2.90. The van der Waals surface area contributed by atoms with E-state index in [1.54, 1.807) is 24.1 Å². The van der Waals surface area contributed by atoms with Crippen molar-refractivity contribution in [3.63, 3.8) is 0 Å². The van der Waals surface area contributed by atoms with Gasteiger partial charge in [-0.05, 0) is 23.8 Å². The van der Waals surface area contributed by atoms with E-state index in [1.807, 2.05) is 24.3 Å². The zero-order valence-electron chi connectivity index (χ0n) is 9.31. The number of nitrogens with zero attached hydrogens (tertiary/aromatic N) is 3. The van der Waals surface area contributed by atoms with Gasteiger partial charge in [-0.15, -0.1) is 0 Å². The fraction of sp³-hybridized carbons (Fsp3) is 0.0769. The second kappa shape index (κ2) is 5.85. The number of hydrogen-bond donors (Lipinski definition) is 1. The third-order valence-corrected chi connectivity index (χ3v) is 2.06. The molecule has 0 saturated carbocycles. The molecule has 0 atom stereocenters. The van der Waals surface area contributed by atoms with Crippen molar-refractivity contribution in [3.05, 3.63) is 35.4 Å². The highest BCUT2D eigenvalue weighted by atomic mass is 15.1. The zero-order chi connectivity index (χ0) is 12.7. The molecule has 82 valence electrons. The van der Waals surface area contributed by atoms with Gasteiger partial charge in [-0.2, -0.15) is 10.5 Å². The SMILES string of the molecule is CN(C#CN)c1ccc(C=C(C#N)C#N)cc1. The normalized spacial score (nSPS) is 7.94. The first-order valence-electron chi connectivity index (χ1n) is 4.78. The highest BCUT2D eigenvalue weighted by molar-refractivity contribution is 5.64. The Bertz CT molecular complexity index is 543. The highest BCUT2D eigenvalue weighted by Crippen LogP contribution is 2.14. The Kier molecular flexibility index (Phi) is 4.19. The monoisotopic (exact) mass is 222 g/mol. The molecule has 1 rings (SSSR count). The number of allylic oxidation sites excluding steroid dienone is 1. The van der Waals surface area contributed by atoms with Crippen molar-refractivity contribution in [1.82, 2.24) is 0 Å². The Labute approximate surface area is 100 Å². The number of hydrogen-bond acceptors (Lipinski definition) is 4. The standard InChI is InChI=1S/C13H10N4/c1-17(7-6-14)13-4-2-11(3-5-13)8-12(9-15)10-16/h2-5,8H,14H2,1H3. The molecule has 0 saturated heterocycles. The minimum absolute atomic E-state index is 0.0767. The van der Waals surface area contributed by atoms with Crippen molar-refractivity contribution in [2.24, 2.45) is 5.73 Å². The molecule has 0 spiro atoms. The lowest BCUT2D eigenvalue weighted by atomic mass is 10.1. The molecule has 0 bridgehead atoms. The van der Waals surface area contributed by atoms with Crippen LogP contribution in [0.3, 0.4) is 0 Å². The lowest BCUT2D eigenvalue weighted by molar-refractivity contribution is 1.25. The van der Waals surface area contributed by atoms with Crippen LogP contribution in [-0.4, -0.2) is 7.05 Å². The molecular formula is C13H10N4. The molecule has 17 heavy (non-hydrogen) atoms. The lowest BCUT2D eigenvalue weighted by Gasteiger charge is -2.10. The molecule has 4 heteroatoms. The minimum atomic E-state index is 0.0767.